The number of urea groups is 1. The van der Waals surface area contributed by atoms with Crippen LogP contribution in [0.2, 0.25) is 0 Å². The Labute approximate surface area is 187 Å². The van der Waals surface area contributed by atoms with Crippen LogP contribution in [0.5, 0.6) is 0 Å². The first-order valence-electron chi connectivity index (χ1n) is 10.5. The van der Waals surface area contributed by atoms with Crippen LogP contribution in [-0.4, -0.2) is 28.5 Å². The number of rotatable bonds is 7. The number of H-pyrrole nitrogens is 1. The van der Waals surface area contributed by atoms with E-state index in [1.165, 1.54) is 24.3 Å². The molecule has 3 rings (SSSR count). The predicted molar refractivity (Wildman–Crippen MR) is 122 cm³/mol. The molecule has 0 aliphatic carbocycles. The topological polar surface area (TPSA) is 74.4 Å². The van der Waals surface area contributed by atoms with Crippen molar-refractivity contribution in [2.75, 3.05) is 11.9 Å². The van der Waals surface area contributed by atoms with Gasteiger partial charge in [-0.15, -0.1) is 0 Å². The van der Waals surface area contributed by atoms with Gasteiger partial charge in [-0.1, -0.05) is 29.8 Å². The molecule has 2 amide bonds. The van der Waals surface area contributed by atoms with Crippen molar-refractivity contribution in [1.29, 1.82) is 0 Å². The van der Waals surface area contributed by atoms with Gasteiger partial charge in [0.25, 0.3) is 0 Å². The summed E-state index contributed by atoms with van der Waals surface area (Å²) in [4.78, 5) is 30.2. The highest BCUT2D eigenvalue weighted by atomic mass is 19.1. The first-order chi connectivity index (χ1) is 15.3. The zero-order valence-corrected chi connectivity index (χ0v) is 18.8. The van der Waals surface area contributed by atoms with E-state index in [0.29, 0.717) is 17.9 Å². The molecule has 0 aliphatic heterocycles. The maximum absolute atomic E-state index is 13.2. The fraction of sp³-hybridized carbons (Fsp3) is 0.280. The van der Waals surface area contributed by atoms with Gasteiger partial charge >= 0.3 is 12.0 Å². The third-order valence-electron chi connectivity index (χ3n) is 5.30. The molecular weight excluding hydrogens is 409 g/mol. The first kappa shape index (κ1) is 23.1. The summed E-state index contributed by atoms with van der Waals surface area (Å²) < 4.78 is 18.4. The summed E-state index contributed by atoms with van der Waals surface area (Å²) in [5.74, 6) is -0.787. The number of carbonyl (C=O) groups excluding carboxylic acids is 2. The summed E-state index contributed by atoms with van der Waals surface area (Å²) in [6, 6.07) is 13.3. The Hall–Kier alpha value is -3.61. The van der Waals surface area contributed by atoms with Crippen LogP contribution in [0.4, 0.5) is 14.9 Å². The zero-order valence-electron chi connectivity index (χ0n) is 18.8. The Bertz CT molecular complexity index is 1090. The molecule has 6 nitrogen and oxygen atoms in total. The van der Waals surface area contributed by atoms with Gasteiger partial charge in [0.1, 0.15) is 11.5 Å². The number of aromatic nitrogens is 1. The maximum Gasteiger partial charge on any atom is 0.355 e. The van der Waals surface area contributed by atoms with Crippen molar-refractivity contribution in [2.45, 2.75) is 40.8 Å². The van der Waals surface area contributed by atoms with Crippen molar-refractivity contribution in [2.24, 2.45) is 0 Å². The van der Waals surface area contributed by atoms with Gasteiger partial charge in [-0.25, -0.2) is 14.0 Å². The number of amides is 2. The highest BCUT2D eigenvalue weighted by Crippen LogP contribution is 2.22. The minimum atomic E-state index is -0.416. The van der Waals surface area contributed by atoms with Gasteiger partial charge < -0.3 is 19.9 Å². The minimum absolute atomic E-state index is 0.283. The normalized spacial score (nSPS) is 10.7. The third-order valence-corrected chi connectivity index (χ3v) is 5.30. The number of carbonyl (C=O) groups is 2. The SMILES string of the molecule is CCOC(=O)c1[nH]c(C)c(CN(Cc2ccc(C)cc2)C(=O)Nc2ccc(F)cc2)c1C. The number of aryl methyl sites for hydroxylation is 2. The second-order valence-electron chi connectivity index (χ2n) is 7.73. The molecule has 1 aromatic heterocycles. The molecule has 2 aromatic carbocycles. The van der Waals surface area contributed by atoms with Crippen molar-refractivity contribution in [1.82, 2.24) is 9.88 Å². The zero-order chi connectivity index (χ0) is 23.3. The molecule has 0 spiro atoms. The minimum Gasteiger partial charge on any atom is -0.461 e. The van der Waals surface area contributed by atoms with Crippen LogP contribution in [0.3, 0.4) is 0 Å². The third kappa shape index (κ3) is 5.55. The van der Waals surface area contributed by atoms with Gasteiger partial charge in [-0.2, -0.15) is 0 Å². The summed E-state index contributed by atoms with van der Waals surface area (Å²) >= 11 is 0. The molecule has 7 heteroatoms. The molecule has 1 heterocycles. The van der Waals surface area contributed by atoms with Gasteiger partial charge in [-0.3, -0.25) is 0 Å². The van der Waals surface area contributed by atoms with Crippen molar-refractivity contribution in [3.8, 4) is 0 Å². The molecule has 2 N–H and O–H groups in total. The van der Waals surface area contributed by atoms with Gasteiger partial charge in [0.2, 0.25) is 0 Å². The molecule has 0 atom stereocenters. The molecule has 168 valence electrons. The second kappa shape index (κ2) is 10.1. The van der Waals surface area contributed by atoms with E-state index >= 15 is 0 Å². The van der Waals surface area contributed by atoms with E-state index in [1.54, 1.807) is 11.8 Å². The average molecular weight is 438 g/mol. The average Bonchev–Trinajstić information content (AvgIpc) is 3.04. The molecule has 3 aromatic rings. The van der Waals surface area contributed by atoms with Crippen LogP contribution >= 0.6 is 0 Å². The molecule has 0 saturated carbocycles. The number of hydrogen-bond donors (Lipinski definition) is 2. The van der Waals surface area contributed by atoms with E-state index in [0.717, 1.165) is 27.9 Å². The number of benzene rings is 2. The Morgan fingerprint density at radius 1 is 1.00 bits per heavy atom. The van der Waals surface area contributed by atoms with Crippen molar-refractivity contribution < 1.29 is 18.7 Å². The summed E-state index contributed by atoms with van der Waals surface area (Å²) in [7, 11) is 0. The number of esters is 1. The molecule has 0 saturated heterocycles. The van der Waals surface area contributed by atoms with Crippen LogP contribution < -0.4 is 5.32 Å². The van der Waals surface area contributed by atoms with E-state index in [2.05, 4.69) is 10.3 Å². The van der Waals surface area contributed by atoms with E-state index in [-0.39, 0.29) is 25.0 Å². The van der Waals surface area contributed by atoms with Crippen molar-refractivity contribution in [3.05, 3.63) is 88.0 Å². The molecule has 0 fully saturated rings. The maximum atomic E-state index is 13.2. The quantitative estimate of drug-likeness (QED) is 0.480. The van der Waals surface area contributed by atoms with Crippen LogP contribution in [-0.2, 0) is 17.8 Å². The number of aromatic amines is 1. The predicted octanol–water partition coefficient (Wildman–Crippen LogP) is 5.49. The summed E-state index contributed by atoms with van der Waals surface area (Å²) in [6.07, 6.45) is 0. The van der Waals surface area contributed by atoms with Gasteiger partial charge in [-0.05, 0) is 68.7 Å². The van der Waals surface area contributed by atoms with E-state index < -0.39 is 5.97 Å². The van der Waals surface area contributed by atoms with Crippen LogP contribution in [0.1, 0.15) is 45.4 Å². The Morgan fingerprint density at radius 3 is 2.28 bits per heavy atom. The van der Waals surface area contributed by atoms with E-state index in [4.69, 9.17) is 4.74 Å². The summed E-state index contributed by atoms with van der Waals surface area (Å²) in [6.45, 7) is 8.41. The molecule has 0 bridgehead atoms. The molecule has 32 heavy (non-hydrogen) atoms. The second-order valence-corrected chi connectivity index (χ2v) is 7.73. The van der Waals surface area contributed by atoms with Crippen LogP contribution in [0.15, 0.2) is 48.5 Å². The lowest BCUT2D eigenvalue weighted by Gasteiger charge is -2.24. The molecule has 0 unspecified atom stereocenters. The molecule has 0 radical (unpaired) electrons. The largest absolute Gasteiger partial charge is 0.461 e. The van der Waals surface area contributed by atoms with Gasteiger partial charge in [0, 0.05) is 24.5 Å². The van der Waals surface area contributed by atoms with E-state index in [1.807, 2.05) is 45.0 Å². The fourth-order valence-corrected chi connectivity index (χ4v) is 3.47. The number of ether oxygens (including phenoxy) is 1. The number of hydrogen-bond acceptors (Lipinski definition) is 3. The number of nitrogens with one attached hydrogen (secondary N) is 2. The number of nitrogens with zero attached hydrogens (tertiary/aromatic N) is 1. The molecular formula is C25H28FN3O3. The van der Waals surface area contributed by atoms with Crippen LogP contribution in [0.25, 0.3) is 0 Å². The highest BCUT2D eigenvalue weighted by molar-refractivity contribution is 5.91. The summed E-state index contributed by atoms with van der Waals surface area (Å²) in [5.41, 5.74) is 5.41. The fourth-order valence-electron chi connectivity index (χ4n) is 3.47. The number of halogens is 1. The Kier molecular flexibility index (Phi) is 7.30. The first-order valence-corrected chi connectivity index (χ1v) is 10.5. The monoisotopic (exact) mass is 437 g/mol. The standard InChI is InChI=1S/C25H28FN3O3/c1-5-32-24(30)23-17(3)22(18(4)27-23)15-29(14-19-8-6-16(2)7-9-19)25(31)28-21-12-10-20(26)11-13-21/h6-13,27H,5,14-15H2,1-4H3,(H,28,31). The van der Waals surface area contributed by atoms with Gasteiger partial charge in [0.05, 0.1) is 6.61 Å². The lowest BCUT2D eigenvalue weighted by Crippen LogP contribution is -2.34. The Morgan fingerprint density at radius 2 is 1.66 bits per heavy atom. The van der Waals surface area contributed by atoms with Crippen LogP contribution in [0, 0.1) is 26.6 Å². The van der Waals surface area contributed by atoms with Gasteiger partial charge in [0.15, 0.2) is 0 Å². The smallest absolute Gasteiger partial charge is 0.355 e. The summed E-state index contributed by atoms with van der Waals surface area (Å²) in [5, 5.41) is 2.83. The highest BCUT2D eigenvalue weighted by Gasteiger charge is 2.22. The van der Waals surface area contributed by atoms with Crippen molar-refractivity contribution in [3.63, 3.8) is 0 Å². The Balaban J connectivity index is 1.88. The van der Waals surface area contributed by atoms with E-state index in [9.17, 15) is 14.0 Å². The molecule has 0 aliphatic rings. The number of anilines is 1. The lowest BCUT2D eigenvalue weighted by molar-refractivity contribution is 0.0519. The van der Waals surface area contributed by atoms with Crippen molar-refractivity contribution >= 4 is 17.7 Å². The lowest BCUT2D eigenvalue weighted by atomic mass is 10.1.